The predicted octanol–water partition coefficient (Wildman–Crippen LogP) is 2.25. The first-order chi connectivity index (χ1) is 11.6. The third kappa shape index (κ3) is 3.99. The zero-order valence-corrected chi connectivity index (χ0v) is 13.3. The molecule has 2 rings (SSSR count). The third-order valence-corrected chi connectivity index (χ3v) is 3.83. The first-order valence-electron chi connectivity index (χ1n) is 6.56. The van der Waals surface area contributed by atoms with Gasteiger partial charge in [-0.15, -0.1) is 10.2 Å². The number of nitro groups is 1. The second kappa shape index (κ2) is 6.96. The van der Waals surface area contributed by atoms with Crippen molar-refractivity contribution in [3.63, 3.8) is 0 Å². The molecule has 13 heteroatoms. The highest BCUT2D eigenvalue weighted by Crippen LogP contribution is 2.34. The molecule has 0 aliphatic carbocycles. The van der Waals surface area contributed by atoms with Gasteiger partial charge in [-0.05, 0) is 24.8 Å². The van der Waals surface area contributed by atoms with E-state index in [-0.39, 0.29) is 32.6 Å². The molecule has 0 aliphatic heterocycles. The fourth-order valence-electron chi connectivity index (χ4n) is 1.73. The van der Waals surface area contributed by atoms with E-state index in [1.54, 1.807) is 0 Å². The topological polar surface area (TPSA) is 126 Å². The highest BCUT2D eigenvalue weighted by Gasteiger charge is 2.38. The van der Waals surface area contributed by atoms with Crippen molar-refractivity contribution in [2.45, 2.75) is 23.2 Å². The van der Waals surface area contributed by atoms with Crippen LogP contribution in [0.5, 0.6) is 0 Å². The van der Waals surface area contributed by atoms with Gasteiger partial charge in [0, 0.05) is 17.0 Å². The molecule has 9 nitrogen and oxygen atoms in total. The molecule has 1 aromatic carbocycles. The van der Waals surface area contributed by atoms with E-state index in [4.69, 9.17) is 10.6 Å². The number of hydrogen-bond acceptors (Lipinski definition) is 8. The van der Waals surface area contributed by atoms with E-state index in [1.165, 1.54) is 13.0 Å². The number of non-ortho nitro benzene ring substituents is 1. The molecule has 1 aromatic heterocycles. The zero-order chi connectivity index (χ0) is 18.8. The number of alkyl halides is 3. The molecule has 0 saturated heterocycles. The minimum atomic E-state index is -4.81. The Labute approximate surface area is 142 Å². The van der Waals surface area contributed by atoms with Crippen molar-refractivity contribution in [2.24, 2.45) is 0 Å². The van der Waals surface area contributed by atoms with Crippen LogP contribution in [-0.2, 0) is 10.9 Å². The van der Waals surface area contributed by atoms with Gasteiger partial charge in [-0.3, -0.25) is 10.1 Å². The molecular formula is C12H10F3N5O4S. The van der Waals surface area contributed by atoms with Crippen molar-refractivity contribution in [3.05, 3.63) is 39.7 Å². The van der Waals surface area contributed by atoms with Crippen LogP contribution in [0.2, 0.25) is 0 Å². The molecule has 0 aliphatic rings. The average Bonchev–Trinajstić information content (AvgIpc) is 2.88. The maximum absolute atomic E-state index is 12.7. The predicted molar refractivity (Wildman–Crippen MR) is 78.4 cm³/mol. The summed E-state index contributed by atoms with van der Waals surface area (Å²) in [5.41, 5.74) is -0.574. The van der Waals surface area contributed by atoms with Gasteiger partial charge in [-0.1, -0.05) is 0 Å². The van der Waals surface area contributed by atoms with Gasteiger partial charge in [0.05, 0.1) is 17.1 Å². The number of carbonyl (C=O) groups excluding carboxylic acids is 1. The van der Waals surface area contributed by atoms with Crippen LogP contribution in [-0.4, -0.2) is 32.4 Å². The number of rotatable bonds is 5. The Kier molecular flexibility index (Phi) is 5.15. The van der Waals surface area contributed by atoms with E-state index in [0.29, 0.717) is 11.8 Å². The Bertz CT molecular complexity index is 824. The van der Waals surface area contributed by atoms with E-state index in [9.17, 15) is 28.1 Å². The Balaban J connectivity index is 2.44. The number of esters is 1. The van der Waals surface area contributed by atoms with Gasteiger partial charge in [0.2, 0.25) is 5.16 Å². The second-order valence-electron chi connectivity index (χ2n) is 4.43. The molecule has 0 radical (unpaired) electrons. The number of aromatic nitrogens is 3. The van der Waals surface area contributed by atoms with E-state index < -0.39 is 22.9 Å². The van der Waals surface area contributed by atoms with Gasteiger partial charge in [0.1, 0.15) is 0 Å². The summed E-state index contributed by atoms with van der Waals surface area (Å²) < 4.78 is 43.1. The van der Waals surface area contributed by atoms with Gasteiger partial charge in [-0.25, -0.2) is 9.47 Å². The smallest absolute Gasteiger partial charge is 0.453 e. The van der Waals surface area contributed by atoms with Crippen LogP contribution in [0.15, 0.2) is 28.3 Å². The highest BCUT2D eigenvalue weighted by atomic mass is 32.2. The maximum Gasteiger partial charge on any atom is 0.453 e. The second-order valence-corrected chi connectivity index (χ2v) is 5.44. The summed E-state index contributed by atoms with van der Waals surface area (Å²) in [6, 6.07) is 3.24. The summed E-state index contributed by atoms with van der Waals surface area (Å²) in [6.45, 7) is 1.55. The van der Waals surface area contributed by atoms with Crippen LogP contribution in [0.4, 0.5) is 18.9 Å². The number of benzene rings is 1. The van der Waals surface area contributed by atoms with Crippen molar-refractivity contribution >= 4 is 23.4 Å². The summed E-state index contributed by atoms with van der Waals surface area (Å²) in [4.78, 5) is 22.2. The number of carbonyl (C=O) groups is 1. The van der Waals surface area contributed by atoms with Crippen LogP contribution in [0.3, 0.4) is 0 Å². The monoisotopic (exact) mass is 377 g/mol. The third-order valence-electron chi connectivity index (χ3n) is 2.79. The first-order valence-corrected chi connectivity index (χ1v) is 7.38. The summed E-state index contributed by atoms with van der Waals surface area (Å²) in [6.07, 6.45) is -4.81. The summed E-state index contributed by atoms with van der Waals surface area (Å²) >= 11 is 0.593. The number of nitrogens with two attached hydrogens (primary N) is 1. The minimum absolute atomic E-state index is 0.0108. The number of nitrogens with zero attached hydrogens (tertiary/aromatic N) is 4. The lowest BCUT2D eigenvalue weighted by atomic mass is 10.2. The first kappa shape index (κ1) is 18.5. The SMILES string of the molecule is CCOC(=O)c1cc([N+](=O)[O-])ccc1Sc1nnc(C(F)(F)F)n1N. The van der Waals surface area contributed by atoms with Crippen LogP contribution in [0.1, 0.15) is 23.1 Å². The van der Waals surface area contributed by atoms with Crippen molar-refractivity contribution in [1.29, 1.82) is 0 Å². The van der Waals surface area contributed by atoms with Gasteiger partial charge in [0.15, 0.2) is 0 Å². The standard InChI is InChI=1S/C12H10F3N5O4S/c1-2-24-9(21)7-5-6(20(22)23)3-4-8(7)25-11-18-17-10(19(11)16)12(13,14)15/h3-5H,2,16H2,1H3. The number of halogens is 3. The molecule has 2 N–H and O–H groups in total. The fraction of sp³-hybridized carbons (Fsp3) is 0.250. The Morgan fingerprint density at radius 1 is 1.44 bits per heavy atom. The van der Waals surface area contributed by atoms with Crippen molar-refractivity contribution < 1.29 is 27.6 Å². The number of nitrogen functional groups attached to an aromatic ring is 1. The molecule has 0 amide bonds. The van der Waals surface area contributed by atoms with Crippen molar-refractivity contribution in [2.75, 3.05) is 12.4 Å². The molecule has 1 heterocycles. The minimum Gasteiger partial charge on any atom is -0.462 e. The molecule has 0 spiro atoms. The van der Waals surface area contributed by atoms with Gasteiger partial charge < -0.3 is 10.6 Å². The molecule has 0 fully saturated rings. The lowest BCUT2D eigenvalue weighted by molar-refractivity contribution is -0.384. The Morgan fingerprint density at radius 2 is 2.12 bits per heavy atom. The molecule has 25 heavy (non-hydrogen) atoms. The summed E-state index contributed by atoms with van der Waals surface area (Å²) in [5.74, 6) is 3.04. The lowest BCUT2D eigenvalue weighted by Crippen LogP contribution is -2.21. The Morgan fingerprint density at radius 3 is 2.64 bits per heavy atom. The summed E-state index contributed by atoms with van der Waals surface area (Å²) in [7, 11) is 0. The zero-order valence-electron chi connectivity index (χ0n) is 12.5. The average molecular weight is 377 g/mol. The van der Waals surface area contributed by atoms with Crippen LogP contribution in [0.25, 0.3) is 0 Å². The molecule has 0 saturated carbocycles. The van der Waals surface area contributed by atoms with E-state index in [1.807, 2.05) is 0 Å². The quantitative estimate of drug-likeness (QED) is 0.364. The molecule has 0 unspecified atom stereocenters. The van der Waals surface area contributed by atoms with E-state index in [2.05, 4.69) is 10.2 Å². The molecule has 0 atom stereocenters. The maximum atomic E-state index is 12.7. The van der Waals surface area contributed by atoms with Crippen LogP contribution < -0.4 is 5.84 Å². The fourth-order valence-corrected chi connectivity index (χ4v) is 2.58. The molecule has 2 aromatic rings. The Hall–Kier alpha value is -2.83. The highest BCUT2D eigenvalue weighted by molar-refractivity contribution is 7.99. The normalized spacial score (nSPS) is 11.4. The number of ether oxygens (including phenoxy) is 1. The van der Waals surface area contributed by atoms with Gasteiger partial charge >= 0.3 is 12.1 Å². The molecule has 0 bridgehead atoms. The van der Waals surface area contributed by atoms with E-state index >= 15 is 0 Å². The lowest BCUT2D eigenvalue weighted by Gasteiger charge is -2.09. The van der Waals surface area contributed by atoms with Gasteiger partial charge in [-0.2, -0.15) is 13.2 Å². The van der Waals surface area contributed by atoms with Crippen molar-refractivity contribution in [1.82, 2.24) is 14.9 Å². The summed E-state index contributed by atoms with van der Waals surface area (Å²) in [5, 5.41) is 16.8. The van der Waals surface area contributed by atoms with Crippen LogP contribution in [0, 0.1) is 10.1 Å². The number of nitro benzene ring substituents is 1. The molecule has 134 valence electrons. The number of hydrogen-bond donors (Lipinski definition) is 1. The van der Waals surface area contributed by atoms with Crippen molar-refractivity contribution in [3.8, 4) is 0 Å². The van der Waals surface area contributed by atoms with E-state index in [0.717, 1.165) is 12.1 Å². The van der Waals surface area contributed by atoms with Crippen LogP contribution >= 0.6 is 11.8 Å². The molecular weight excluding hydrogens is 367 g/mol. The largest absolute Gasteiger partial charge is 0.462 e. The van der Waals surface area contributed by atoms with Gasteiger partial charge in [0.25, 0.3) is 11.5 Å².